The largest absolute Gasteiger partial charge is 0.392 e. The molecule has 2 fully saturated rings. The maximum Gasteiger partial charge on any atom is 0.273 e. The third-order valence-electron chi connectivity index (χ3n) is 8.29. The first-order valence-corrected chi connectivity index (χ1v) is 15.8. The van der Waals surface area contributed by atoms with E-state index >= 15 is 0 Å². The number of hydrogen-bond donors (Lipinski definition) is 4. The highest BCUT2D eigenvalue weighted by molar-refractivity contribution is 6.32. The average Bonchev–Trinajstić information content (AvgIpc) is 2.98. The van der Waals surface area contributed by atoms with Crippen molar-refractivity contribution in [3.63, 3.8) is 0 Å². The zero-order valence-corrected chi connectivity index (χ0v) is 26.8. The molecule has 1 aromatic heterocycles. The van der Waals surface area contributed by atoms with Crippen LogP contribution in [0.3, 0.4) is 0 Å². The smallest absolute Gasteiger partial charge is 0.273 e. The molecule has 236 valence electrons. The Hall–Kier alpha value is -2.70. The number of aliphatic hydroxyl groups excluding tert-OH is 1. The number of carbonyl (C=O) groups excluding carboxylic acids is 2. The lowest BCUT2D eigenvalue weighted by Crippen LogP contribution is -2.58. The second-order valence-electron chi connectivity index (χ2n) is 11.5. The van der Waals surface area contributed by atoms with E-state index in [-0.39, 0.29) is 29.1 Å². The van der Waals surface area contributed by atoms with Gasteiger partial charge in [-0.3, -0.25) is 19.4 Å². The van der Waals surface area contributed by atoms with Crippen LogP contribution in [0.2, 0.25) is 10.2 Å². The molecule has 0 radical (unpaired) electrons. The number of aromatic nitrogens is 2. The van der Waals surface area contributed by atoms with Gasteiger partial charge in [-0.05, 0) is 69.0 Å². The minimum absolute atomic E-state index is 0.0179. The van der Waals surface area contributed by atoms with Gasteiger partial charge in [0.1, 0.15) is 0 Å². The summed E-state index contributed by atoms with van der Waals surface area (Å²) in [7, 11) is 0. The minimum atomic E-state index is -0.689. The van der Waals surface area contributed by atoms with Gasteiger partial charge in [0.05, 0.1) is 6.10 Å². The molecule has 0 bridgehead atoms. The van der Waals surface area contributed by atoms with E-state index < -0.39 is 12.0 Å². The lowest BCUT2D eigenvalue weighted by molar-refractivity contribution is -0.118. The summed E-state index contributed by atoms with van der Waals surface area (Å²) < 4.78 is 0. The van der Waals surface area contributed by atoms with E-state index in [0.29, 0.717) is 29.5 Å². The third-order valence-corrected chi connectivity index (χ3v) is 8.78. The van der Waals surface area contributed by atoms with Gasteiger partial charge in [0.25, 0.3) is 5.91 Å². The number of hydrogen-bond acceptors (Lipinski definition) is 9. The first kappa shape index (κ1) is 33.2. The zero-order valence-electron chi connectivity index (χ0n) is 25.3. The third kappa shape index (κ3) is 8.92. The predicted molar refractivity (Wildman–Crippen MR) is 171 cm³/mol. The lowest BCUT2D eigenvalue weighted by Gasteiger charge is -2.47. The molecule has 5 N–H and O–H groups in total. The molecule has 0 aliphatic carbocycles. The maximum atomic E-state index is 12.4. The second kappa shape index (κ2) is 15.3. The predicted octanol–water partition coefficient (Wildman–Crippen LogP) is 2.72. The molecule has 0 spiro atoms. The normalized spacial score (nSPS) is 19.3. The Morgan fingerprint density at radius 1 is 1.12 bits per heavy atom. The second-order valence-corrected chi connectivity index (χ2v) is 12.3. The minimum Gasteiger partial charge on any atom is -0.392 e. The molecule has 2 saturated heterocycles. The number of anilines is 2. The summed E-state index contributed by atoms with van der Waals surface area (Å²) >= 11 is 12.8. The van der Waals surface area contributed by atoms with Crippen LogP contribution < -0.4 is 21.3 Å². The summed E-state index contributed by atoms with van der Waals surface area (Å²) in [5, 5.41) is 15.8. The van der Waals surface area contributed by atoms with Crippen molar-refractivity contribution in [3.8, 4) is 0 Å². The standard InChI is InChI=1S/C30H44Cl2N8O3/c1-4-24-18-39(29-27(32)36-26(28(33)37-29)30(43)35-16-19(2)41)13-14-40(24)25-8-11-38(12-9-25)17-22-5-6-23(31)15-21(22)7-10-34-20(3)42/h5-6,15,19,24-25,41H,4,7-14,16-18H2,1-3H3,(H2,33,37)(H,34,42)(H,35,43)/t19-,24+/m1/s1. The fourth-order valence-electron chi connectivity index (χ4n) is 6.02. The van der Waals surface area contributed by atoms with Crippen LogP contribution in [-0.4, -0.2) is 101 Å². The van der Waals surface area contributed by atoms with Gasteiger partial charge in [-0.2, -0.15) is 0 Å². The number of halogens is 2. The number of nitrogens with zero attached hydrogens (tertiary/aromatic N) is 5. The molecule has 2 aromatic rings. The highest BCUT2D eigenvalue weighted by Gasteiger charge is 2.34. The number of nitrogens with one attached hydrogen (secondary N) is 2. The highest BCUT2D eigenvalue weighted by atomic mass is 35.5. The molecule has 43 heavy (non-hydrogen) atoms. The zero-order chi connectivity index (χ0) is 31.1. The average molecular weight is 636 g/mol. The van der Waals surface area contributed by atoms with E-state index in [4.69, 9.17) is 28.9 Å². The van der Waals surface area contributed by atoms with Crippen molar-refractivity contribution in [2.45, 2.75) is 71.2 Å². The summed E-state index contributed by atoms with van der Waals surface area (Å²) in [6.45, 7) is 11.3. The number of nitrogens with two attached hydrogens (primary N) is 1. The van der Waals surface area contributed by atoms with Crippen LogP contribution in [0.4, 0.5) is 11.6 Å². The lowest BCUT2D eigenvalue weighted by atomic mass is 9.97. The molecular formula is C30H44Cl2N8O3. The van der Waals surface area contributed by atoms with Crippen molar-refractivity contribution < 1.29 is 14.7 Å². The summed E-state index contributed by atoms with van der Waals surface area (Å²) in [4.78, 5) is 39.7. The Labute approximate surface area is 264 Å². The fourth-order valence-corrected chi connectivity index (χ4v) is 6.46. The Kier molecular flexibility index (Phi) is 11.8. The molecule has 1 aromatic carbocycles. The van der Waals surface area contributed by atoms with Gasteiger partial charge in [-0.15, -0.1) is 0 Å². The Bertz CT molecular complexity index is 1270. The number of nitrogen functional groups attached to an aromatic ring is 1. The van der Waals surface area contributed by atoms with Crippen molar-refractivity contribution in [2.24, 2.45) is 0 Å². The summed E-state index contributed by atoms with van der Waals surface area (Å²) in [5.41, 5.74) is 8.52. The number of carbonyl (C=O) groups is 2. The van der Waals surface area contributed by atoms with E-state index in [9.17, 15) is 14.7 Å². The molecule has 13 heteroatoms. The van der Waals surface area contributed by atoms with Crippen LogP contribution in [0.15, 0.2) is 18.2 Å². The van der Waals surface area contributed by atoms with Crippen molar-refractivity contribution in [1.29, 1.82) is 0 Å². The van der Waals surface area contributed by atoms with Crippen molar-refractivity contribution in [1.82, 2.24) is 30.4 Å². The number of amides is 2. The molecule has 2 amide bonds. The number of piperidine rings is 1. The number of piperazine rings is 1. The van der Waals surface area contributed by atoms with Crippen molar-refractivity contribution in [2.75, 3.05) is 56.4 Å². The Morgan fingerprint density at radius 3 is 2.53 bits per heavy atom. The molecule has 0 saturated carbocycles. The topological polar surface area (TPSA) is 140 Å². The number of rotatable bonds is 11. The fraction of sp³-hybridized carbons (Fsp3) is 0.600. The highest BCUT2D eigenvalue weighted by Crippen LogP contribution is 2.30. The van der Waals surface area contributed by atoms with Gasteiger partial charge >= 0.3 is 0 Å². The van der Waals surface area contributed by atoms with E-state index in [2.05, 4.69) is 48.3 Å². The van der Waals surface area contributed by atoms with Crippen LogP contribution in [0, 0.1) is 0 Å². The van der Waals surface area contributed by atoms with Crippen molar-refractivity contribution >= 4 is 46.7 Å². The first-order chi connectivity index (χ1) is 20.5. The quantitative estimate of drug-likeness (QED) is 0.294. The van der Waals surface area contributed by atoms with Crippen LogP contribution in [0.25, 0.3) is 0 Å². The first-order valence-electron chi connectivity index (χ1n) is 15.1. The molecule has 4 rings (SSSR count). The van der Waals surface area contributed by atoms with Crippen LogP contribution >= 0.6 is 23.2 Å². The number of benzene rings is 1. The number of aliphatic hydroxyl groups is 1. The van der Waals surface area contributed by atoms with Gasteiger partial charge in [-0.1, -0.05) is 36.2 Å². The molecule has 2 atom stereocenters. The SMILES string of the molecule is CC[C@H]1CN(c2nc(N)c(C(=O)NC[C@@H](C)O)nc2Cl)CCN1C1CCN(Cc2ccc(Cl)cc2CCNC(C)=O)CC1. The van der Waals surface area contributed by atoms with E-state index in [1.54, 1.807) is 6.92 Å². The van der Waals surface area contributed by atoms with Gasteiger partial charge in [0, 0.05) is 63.3 Å². The van der Waals surface area contributed by atoms with Gasteiger partial charge < -0.3 is 26.4 Å². The molecule has 11 nitrogen and oxygen atoms in total. The monoisotopic (exact) mass is 634 g/mol. The van der Waals surface area contributed by atoms with Crippen molar-refractivity contribution in [3.05, 3.63) is 45.2 Å². The van der Waals surface area contributed by atoms with Crippen LogP contribution in [-0.2, 0) is 17.8 Å². The van der Waals surface area contributed by atoms with Crippen LogP contribution in [0.1, 0.15) is 61.6 Å². The molecule has 3 heterocycles. The maximum absolute atomic E-state index is 12.4. The molecule has 0 unspecified atom stereocenters. The Balaban J connectivity index is 1.34. The summed E-state index contributed by atoms with van der Waals surface area (Å²) in [5.74, 6) is -0.0241. The van der Waals surface area contributed by atoms with Gasteiger partial charge in [0.2, 0.25) is 5.91 Å². The van der Waals surface area contributed by atoms with Crippen LogP contribution in [0.5, 0.6) is 0 Å². The van der Waals surface area contributed by atoms with E-state index in [1.807, 2.05) is 12.1 Å². The summed E-state index contributed by atoms with van der Waals surface area (Å²) in [6, 6.07) is 6.90. The van der Waals surface area contributed by atoms with E-state index in [1.165, 1.54) is 18.1 Å². The number of likely N-dealkylation sites (tertiary alicyclic amines) is 1. The van der Waals surface area contributed by atoms with Gasteiger partial charge in [-0.25, -0.2) is 9.97 Å². The Morgan fingerprint density at radius 2 is 1.86 bits per heavy atom. The molecule has 2 aliphatic rings. The van der Waals surface area contributed by atoms with E-state index in [0.717, 1.165) is 65.0 Å². The summed E-state index contributed by atoms with van der Waals surface area (Å²) in [6.07, 6.45) is 3.24. The molecular weight excluding hydrogens is 591 g/mol. The van der Waals surface area contributed by atoms with Gasteiger partial charge in [0.15, 0.2) is 22.5 Å². The molecule has 2 aliphatic heterocycles.